The molecule has 17 heavy (non-hydrogen) atoms. The van der Waals surface area contributed by atoms with E-state index in [-0.39, 0.29) is 0 Å². The van der Waals surface area contributed by atoms with E-state index in [1.165, 1.54) is 0 Å². The third-order valence-electron chi connectivity index (χ3n) is 2.59. The fourth-order valence-electron chi connectivity index (χ4n) is 1.72. The van der Waals surface area contributed by atoms with Gasteiger partial charge < -0.3 is 4.74 Å². The van der Waals surface area contributed by atoms with Crippen molar-refractivity contribution in [2.45, 2.75) is 40.5 Å². The van der Waals surface area contributed by atoms with E-state index in [0.717, 1.165) is 24.2 Å². The van der Waals surface area contributed by atoms with Crippen LogP contribution in [0.25, 0.3) is 0 Å². The van der Waals surface area contributed by atoms with Crippen LogP contribution < -0.4 is 4.74 Å². The van der Waals surface area contributed by atoms with Crippen molar-refractivity contribution < 1.29 is 4.74 Å². The monoisotopic (exact) mass is 232 g/mol. The molecule has 1 aromatic heterocycles. The molecule has 0 fully saturated rings. The van der Waals surface area contributed by atoms with Gasteiger partial charge >= 0.3 is 0 Å². The lowest BCUT2D eigenvalue weighted by atomic mass is 10.1. The predicted molar refractivity (Wildman–Crippen MR) is 68.0 cm³/mol. The number of aryl methyl sites for hydroxylation is 2. The summed E-state index contributed by atoms with van der Waals surface area (Å²) in [5.41, 5.74) is 2.19. The Hall–Kier alpha value is -1.56. The molecule has 0 atom stereocenters. The van der Waals surface area contributed by atoms with Crippen molar-refractivity contribution in [2.24, 2.45) is 5.92 Å². The van der Waals surface area contributed by atoms with Crippen molar-refractivity contribution in [1.29, 1.82) is 5.26 Å². The second-order valence-electron chi connectivity index (χ2n) is 4.72. The lowest BCUT2D eigenvalue weighted by molar-refractivity contribution is 0.296. The molecule has 3 nitrogen and oxygen atoms in total. The molecule has 0 aliphatic heterocycles. The van der Waals surface area contributed by atoms with Crippen LogP contribution in [0.5, 0.6) is 5.75 Å². The Labute approximate surface area is 103 Å². The van der Waals surface area contributed by atoms with E-state index >= 15 is 0 Å². The smallest absolute Gasteiger partial charge is 0.140 e. The standard InChI is InChI=1S/C14H20N2O/c1-10(2)6-5-7-17-14-8-11(3)16-12(4)13(14)9-15/h8,10H,5-7H2,1-4H3. The van der Waals surface area contributed by atoms with Crippen molar-refractivity contribution in [1.82, 2.24) is 4.98 Å². The first-order chi connectivity index (χ1) is 8.04. The Bertz CT molecular complexity index is 419. The fourth-order valence-corrected chi connectivity index (χ4v) is 1.72. The third-order valence-corrected chi connectivity index (χ3v) is 2.59. The molecule has 0 unspecified atom stereocenters. The van der Waals surface area contributed by atoms with Gasteiger partial charge in [0.05, 0.1) is 12.3 Å². The third kappa shape index (κ3) is 4.07. The Morgan fingerprint density at radius 1 is 1.41 bits per heavy atom. The van der Waals surface area contributed by atoms with Gasteiger partial charge in [0.2, 0.25) is 0 Å². The molecule has 0 aliphatic rings. The van der Waals surface area contributed by atoms with Gasteiger partial charge in [-0.2, -0.15) is 5.26 Å². The molecule has 92 valence electrons. The molecule has 0 bridgehead atoms. The first-order valence-electron chi connectivity index (χ1n) is 6.05. The Morgan fingerprint density at radius 3 is 2.71 bits per heavy atom. The molecular weight excluding hydrogens is 212 g/mol. The zero-order valence-electron chi connectivity index (χ0n) is 11.1. The number of nitriles is 1. The molecule has 1 aromatic rings. The van der Waals surface area contributed by atoms with Gasteiger partial charge in [-0.1, -0.05) is 13.8 Å². The summed E-state index contributed by atoms with van der Waals surface area (Å²) in [6.45, 7) is 8.81. The molecule has 0 spiro atoms. The highest BCUT2D eigenvalue weighted by molar-refractivity contribution is 5.46. The molecule has 0 aliphatic carbocycles. The van der Waals surface area contributed by atoms with Crippen LogP contribution in [0.3, 0.4) is 0 Å². The summed E-state index contributed by atoms with van der Waals surface area (Å²) in [4.78, 5) is 4.26. The van der Waals surface area contributed by atoms with Crippen LogP contribution in [-0.4, -0.2) is 11.6 Å². The average molecular weight is 232 g/mol. The van der Waals surface area contributed by atoms with Crippen LogP contribution in [0.2, 0.25) is 0 Å². The maximum Gasteiger partial charge on any atom is 0.140 e. The largest absolute Gasteiger partial charge is 0.492 e. The number of ether oxygens (including phenoxy) is 1. The number of nitrogens with zero attached hydrogens (tertiary/aromatic N) is 2. The lowest BCUT2D eigenvalue weighted by Gasteiger charge is -2.10. The van der Waals surface area contributed by atoms with Crippen molar-refractivity contribution in [3.63, 3.8) is 0 Å². The minimum atomic E-state index is 0.556. The summed E-state index contributed by atoms with van der Waals surface area (Å²) in [7, 11) is 0. The van der Waals surface area contributed by atoms with E-state index in [4.69, 9.17) is 10.00 Å². The Balaban J connectivity index is 2.67. The van der Waals surface area contributed by atoms with Crippen molar-refractivity contribution >= 4 is 0 Å². The van der Waals surface area contributed by atoms with Crippen LogP contribution in [-0.2, 0) is 0 Å². The summed E-state index contributed by atoms with van der Waals surface area (Å²) >= 11 is 0. The highest BCUT2D eigenvalue weighted by Gasteiger charge is 2.09. The van der Waals surface area contributed by atoms with Gasteiger partial charge in [-0.05, 0) is 32.6 Å². The van der Waals surface area contributed by atoms with Gasteiger partial charge in [0.25, 0.3) is 0 Å². The lowest BCUT2D eigenvalue weighted by Crippen LogP contribution is -2.03. The van der Waals surface area contributed by atoms with E-state index in [2.05, 4.69) is 24.9 Å². The quantitative estimate of drug-likeness (QED) is 0.731. The second kappa shape index (κ2) is 6.24. The van der Waals surface area contributed by atoms with Crippen molar-refractivity contribution in [2.75, 3.05) is 6.61 Å². The molecule has 0 saturated carbocycles. The van der Waals surface area contributed by atoms with Gasteiger partial charge in [0, 0.05) is 11.8 Å². The predicted octanol–water partition coefficient (Wildman–Crippen LogP) is 3.39. The van der Waals surface area contributed by atoms with Gasteiger partial charge in [-0.15, -0.1) is 0 Å². The summed E-state index contributed by atoms with van der Waals surface area (Å²) in [6, 6.07) is 3.99. The SMILES string of the molecule is Cc1cc(OCCCC(C)C)c(C#N)c(C)n1. The van der Waals surface area contributed by atoms with Gasteiger partial charge in [0.15, 0.2) is 0 Å². The summed E-state index contributed by atoms with van der Waals surface area (Å²) in [5, 5.41) is 9.06. The maximum atomic E-state index is 9.06. The van der Waals surface area contributed by atoms with Crippen LogP contribution in [0.4, 0.5) is 0 Å². The van der Waals surface area contributed by atoms with Crippen molar-refractivity contribution in [3.05, 3.63) is 23.0 Å². The van der Waals surface area contributed by atoms with Crippen LogP contribution in [0.15, 0.2) is 6.07 Å². The highest BCUT2D eigenvalue weighted by Crippen LogP contribution is 2.21. The Kier molecular flexibility index (Phi) is 4.96. The maximum absolute atomic E-state index is 9.06. The summed E-state index contributed by atoms with van der Waals surface area (Å²) in [6.07, 6.45) is 2.16. The number of rotatable bonds is 5. The minimum Gasteiger partial charge on any atom is -0.492 e. The molecule has 3 heteroatoms. The number of pyridine rings is 1. The first-order valence-corrected chi connectivity index (χ1v) is 6.05. The van der Waals surface area contributed by atoms with Gasteiger partial charge in [0.1, 0.15) is 17.4 Å². The fraction of sp³-hybridized carbons (Fsp3) is 0.571. The normalized spacial score (nSPS) is 10.4. The molecule has 0 N–H and O–H groups in total. The van der Waals surface area contributed by atoms with Crippen LogP contribution in [0, 0.1) is 31.1 Å². The summed E-state index contributed by atoms with van der Waals surface area (Å²) < 4.78 is 5.68. The van der Waals surface area contributed by atoms with Gasteiger partial charge in [-0.3, -0.25) is 4.98 Å². The zero-order chi connectivity index (χ0) is 12.8. The van der Waals surface area contributed by atoms with E-state index in [9.17, 15) is 0 Å². The molecule has 1 heterocycles. The topological polar surface area (TPSA) is 45.9 Å². The second-order valence-corrected chi connectivity index (χ2v) is 4.72. The van der Waals surface area contributed by atoms with E-state index < -0.39 is 0 Å². The number of hydrogen-bond acceptors (Lipinski definition) is 3. The molecule has 0 aromatic carbocycles. The van der Waals surface area contributed by atoms with Crippen molar-refractivity contribution in [3.8, 4) is 11.8 Å². The van der Waals surface area contributed by atoms with Crippen LogP contribution >= 0.6 is 0 Å². The Morgan fingerprint density at radius 2 is 2.12 bits per heavy atom. The molecular formula is C14H20N2O. The van der Waals surface area contributed by atoms with E-state index in [1.54, 1.807) is 0 Å². The summed E-state index contributed by atoms with van der Waals surface area (Å²) in [5.74, 6) is 1.36. The zero-order valence-corrected chi connectivity index (χ0v) is 11.1. The molecule has 1 rings (SSSR count). The molecule has 0 amide bonds. The average Bonchev–Trinajstić information content (AvgIpc) is 2.23. The van der Waals surface area contributed by atoms with Crippen LogP contribution in [0.1, 0.15) is 43.6 Å². The molecule has 0 saturated heterocycles. The number of aromatic nitrogens is 1. The van der Waals surface area contributed by atoms with E-state index in [1.807, 2.05) is 19.9 Å². The van der Waals surface area contributed by atoms with E-state index in [0.29, 0.717) is 23.8 Å². The first kappa shape index (κ1) is 13.5. The minimum absolute atomic E-state index is 0.556. The highest BCUT2D eigenvalue weighted by atomic mass is 16.5. The molecule has 0 radical (unpaired) electrons. The van der Waals surface area contributed by atoms with Gasteiger partial charge in [-0.25, -0.2) is 0 Å². The number of hydrogen-bond donors (Lipinski definition) is 0.